The molecule has 1 aromatic carbocycles. The van der Waals surface area contributed by atoms with Gasteiger partial charge >= 0.3 is 5.97 Å². The van der Waals surface area contributed by atoms with E-state index in [1.54, 1.807) is 24.3 Å². The lowest BCUT2D eigenvalue weighted by Crippen LogP contribution is -2.45. The topological polar surface area (TPSA) is 73.1 Å². The average molecular weight is 232 g/mol. The molecular formula is C13H16N2O2. The Morgan fingerprint density at radius 2 is 2.00 bits per heavy atom. The molecule has 0 bridgehead atoms. The summed E-state index contributed by atoms with van der Waals surface area (Å²) in [4.78, 5) is 11.3. The predicted octanol–water partition coefficient (Wildman–Crippen LogP) is 2.61. The molecule has 4 heteroatoms. The summed E-state index contributed by atoms with van der Waals surface area (Å²) in [5.41, 5.74) is 0.0218. The molecule has 17 heavy (non-hydrogen) atoms. The average Bonchev–Trinajstić information content (AvgIpc) is 2.36. The Kier molecular flexibility index (Phi) is 4.11. The van der Waals surface area contributed by atoms with Crippen LogP contribution in [-0.2, 0) is 4.79 Å². The zero-order valence-electron chi connectivity index (χ0n) is 10.0. The van der Waals surface area contributed by atoms with Gasteiger partial charge in [-0.1, -0.05) is 26.0 Å². The van der Waals surface area contributed by atoms with Crippen LogP contribution in [0.15, 0.2) is 24.3 Å². The number of rotatable bonds is 5. The molecule has 1 rings (SSSR count). The van der Waals surface area contributed by atoms with E-state index in [1.807, 2.05) is 19.9 Å². The first kappa shape index (κ1) is 13.0. The number of carbonyl (C=O) groups is 1. The van der Waals surface area contributed by atoms with Crippen molar-refractivity contribution in [3.8, 4) is 6.07 Å². The lowest BCUT2D eigenvalue weighted by molar-refractivity contribution is -0.142. The molecule has 0 aliphatic heterocycles. The summed E-state index contributed by atoms with van der Waals surface area (Å²) in [7, 11) is 0. The maximum Gasteiger partial charge on any atom is 0.329 e. The van der Waals surface area contributed by atoms with Crippen LogP contribution in [0.1, 0.15) is 32.3 Å². The molecule has 0 heterocycles. The van der Waals surface area contributed by atoms with Crippen molar-refractivity contribution in [1.29, 1.82) is 5.26 Å². The van der Waals surface area contributed by atoms with E-state index in [4.69, 9.17) is 5.26 Å². The number of aliphatic carboxylic acids is 1. The third-order valence-electron chi connectivity index (χ3n) is 3.04. The number of hydrogen-bond acceptors (Lipinski definition) is 3. The first-order valence-corrected chi connectivity index (χ1v) is 5.60. The Morgan fingerprint density at radius 3 is 2.47 bits per heavy atom. The van der Waals surface area contributed by atoms with E-state index in [0.29, 0.717) is 24.1 Å². The van der Waals surface area contributed by atoms with Gasteiger partial charge in [0.2, 0.25) is 0 Å². The lowest BCUT2D eigenvalue weighted by Gasteiger charge is -2.29. The van der Waals surface area contributed by atoms with Crippen molar-refractivity contribution in [1.82, 2.24) is 0 Å². The molecule has 90 valence electrons. The third-order valence-corrected chi connectivity index (χ3v) is 3.04. The number of carboxylic acid groups (broad SMARTS) is 1. The zero-order chi connectivity index (χ0) is 12.9. The Labute approximate surface area is 101 Å². The van der Waals surface area contributed by atoms with Gasteiger partial charge < -0.3 is 10.4 Å². The van der Waals surface area contributed by atoms with E-state index < -0.39 is 11.5 Å². The summed E-state index contributed by atoms with van der Waals surface area (Å²) >= 11 is 0. The number of hydrogen-bond donors (Lipinski definition) is 2. The summed E-state index contributed by atoms with van der Waals surface area (Å²) in [5.74, 6) is -0.893. The fraction of sp³-hybridized carbons (Fsp3) is 0.385. The first-order chi connectivity index (χ1) is 8.09. The van der Waals surface area contributed by atoms with Gasteiger partial charge in [0.15, 0.2) is 0 Å². The van der Waals surface area contributed by atoms with E-state index in [2.05, 4.69) is 5.32 Å². The first-order valence-electron chi connectivity index (χ1n) is 5.60. The molecule has 0 aromatic heterocycles. The highest BCUT2D eigenvalue weighted by atomic mass is 16.4. The van der Waals surface area contributed by atoms with Crippen molar-refractivity contribution in [3.63, 3.8) is 0 Å². The summed E-state index contributed by atoms with van der Waals surface area (Å²) in [5, 5.41) is 21.3. The van der Waals surface area contributed by atoms with E-state index >= 15 is 0 Å². The molecule has 0 saturated carbocycles. The Balaban J connectivity index is 3.11. The quantitative estimate of drug-likeness (QED) is 0.818. The molecule has 0 spiro atoms. The second kappa shape index (κ2) is 5.35. The van der Waals surface area contributed by atoms with Crippen molar-refractivity contribution in [2.75, 3.05) is 5.32 Å². The minimum atomic E-state index is -1.01. The Hall–Kier alpha value is -2.02. The molecule has 0 atom stereocenters. The van der Waals surface area contributed by atoms with Crippen molar-refractivity contribution < 1.29 is 9.90 Å². The summed E-state index contributed by atoms with van der Waals surface area (Å²) < 4.78 is 0. The molecular weight excluding hydrogens is 216 g/mol. The third kappa shape index (κ3) is 2.56. The van der Waals surface area contributed by atoms with Gasteiger partial charge in [-0.25, -0.2) is 4.79 Å². The van der Waals surface area contributed by atoms with Crippen LogP contribution < -0.4 is 5.32 Å². The highest BCUT2D eigenvalue weighted by molar-refractivity contribution is 5.83. The minimum Gasteiger partial charge on any atom is -0.480 e. The van der Waals surface area contributed by atoms with Crippen molar-refractivity contribution in [2.24, 2.45) is 0 Å². The standard InChI is InChI=1S/C13H16N2O2/c1-3-13(4-2,12(16)17)15-11-8-6-5-7-10(11)9-14/h5-8,15H,3-4H2,1-2H3,(H,16,17). The number of para-hydroxylation sites is 1. The Morgan fingerprint density at radius 1 is 1.41 bits per heavy atom. The number of nitrogens with one attached hydrogen (secondary N) is 1. The van der Waals surface area contributed by atoms with Gasteiger partial charge in [0.1, 0.15) is 11.6 Å². The van der Waals surface area contributed by atoms with Crippen molar-refractivity contribution in [2.45, 2.75) is 32.2 Å². The number of nitrogens with zero attached hydrogens (tertiary/aromatic N) is 1. The molecule has 4 nitrogen and oxygen atoms in total. The zero-order valence-corrected chi connectivity index (χ0v) is 10.0. The molecule has 2 N–H and O–H groups in total. The van der Waals surface area contributed by atoms with Crippen LogP contribution in [0.4, 0.5) is 5.69 Å². The molecule has 0 unspecified atom stereocenters. The van der Waals surface area contributed by atoms with Gasteiger partial charge in [0.05, 0.1) is 11.3 Å². The maximum absolute atomic E-state index is 11.3. The molecule has 0 saturated heterocycles. The highest BCUT2D eigenvalue weighted by Gasteiger charge is 2.35. The van der Waals surface area contributed by atoms with Gasteiger partial charge in [0, 0.05) is 0 Å². The SMILES string of the molecule is CCC(CC)(Nc1ccccc1C#N)C(=O)O. The van der Waals surface area contributed by atoms with Crippen LogP contribution in [0.3, 0.4) is 0 Å². The van der Waals surface area contributed by atoms with E-state index in [-0.39, 0.29) is 0 Å². The van der Waals surface area contributed by atoms with E-state index in [1.165, 1.54) is 0 Å². The van der Waals surface area contributed by atoms with Crippen molar-refractivity contribution in [3.05, 3.63) is 29.8 Å². The predicted molar refractivity (Wildman–Crippen MR) is 65.7 cm³/mol. The molecule has 0 aliphatic carbocycles. The highest BCUT2D eigenvalue weighted by Crippen LogP contribution is 2.24. The number of nitriles is 1. The second-order valence-electron chi connectivity index (χ2n) is 3.88. The minimum absolute atomic E-state index is 0.457. The van der Waals surface area contributed by atoms with Gasteiger partial charge in [-0.3, -0.25) is 0 Å². The largest absolute Gasteiger partial charge is 0.480 e. The van der Waals surface area contributed by atoms with E-state index in [0.717, 1.165) is 0 Å². The fourth-order valence-corrected chi connectivity index (χ4v) is 1.73. The molecule has 0 fully saturated rings. The summed E-state index contributed by atoms with van der Waals surface area (Å²) in [6, 6.07) is 8.97. The molecule has 0 radical (unpaired) electrons. The molecule has 0 aliphatic rings. The Bertz CT molecular complexity index is 445. The van der Waals surface area contributed by atoms with Gasteiger partial charge in [0.25, 0.3) is 0 Å². The van der Waals surface area contributed by atoms with Crippen LogP contribution in [0, 0.1) is 11.3 Å². The second-order valence-corrected chi connectivity index (χ2v) is 3.88. The van der Waals surface area contributed by atoms with Crippen LogP contribution in [-0.4, -0.2) is 16.6 Å². The van der Waals surface area contributed by atoms with Gasteiger partial charge in [-0.15, -0.1) is 0 Å². The van der Waals surface area contributed by atoms with Crippen LogP contribution >= 0.6 is 0 Å². The normalized spacial score (nSPS) is 10.6. The fourth-order valence-electron chi connectivity index (χ4n) is 1.73. The number of benzene rings is 1. The maximum atomic E-state index is 11.3. The van der Waals surface area contributed by atoms with Crippen LogP contribution in [0.25, 0.3) is 0 Å². The van der Waals surface area contributed by atoms with Crippen LogP contribution in [0.5, 0.6) is 0 Å². The smallest absolute Gasteiger partial charge is 0.329 e. The molecule has 0 amide bonds. The molecule has 1 aromatic rings. The monoisotopic (exact) mass is 232 g/mol. The number of carboxylic acids is 1. The van der Waals surface area contributed by atoms with Crippen LogP contribution in [0.2, 0.25) is 0 Å². The summed E-state index contributed by atoms with van der Waals surface area (Å²) in [6.45, 7) is 3.64. The van der Waals surface area contributed by atoms with Gasteiger partial charge in [-0.05, 0) is 25.0 Å². The summed E-state index contributed by atoms with van der Waals surface area (Å²) in [6.07, 6.45) is 0.914. The van der Waals surface area contributed by atoms with Gasteiger partial charge in [-0.2, -0.15) is 5.26 Å². The number of anilines is 1. The van der Waals surface area contributed by atoms with E-state index in [9.17, 15) is 9.90 Å². The lowest BCUT2D eigenvalue weighted by atomic mass is 9.92. The van der Waals surface area contributed by atoms with Crippen molar-refractivity contribution >= 4 is 11.7 Å².